The summed E-state index contributed by atoms with van der Waals surface area (Å²) in [5.74, 6) is 0.776. The monoisotopic (exact) mass is 397 g/mol. The van der Waals surface area contributed by atoms with Gasteiger partial charge in [0.1, 0.15) is 5.69 Å². The van der Waals surface area contributed by atoms with Crippen molar-refractivity contribution in [2.45, 2.75) is 49.4 Å². The van der Waals surface area contributed by atoms with Crippen LogP contribution in [-0.4, -0.2) is 28.9 Å². The molecule has 0 aliphatic heterocycles. The Morgan fingerprint density at radius 1 is 1.48 bits per heavy atom. The number of fused-ring (bicyclic) bond motifs is 1. The van der Waals surface area contributed by atoms with Gasteiger partial charge in [-0.25, -0.2) is 4.98 Å². The highest BCUT2D eigenvalue weighted by Gasteiger charge is 2.46. The van der Waals surface area contributed by atoms with Gasteiger partial charge in [0, 0.05) is 40.5 Å². The number of thioether (sulfide) groups is 1. The van der Waals surface area contributed by atoms with E-state index in [1.807, 2.05) is 26.2 Å². The van der Waals surface area contributed by atoms with Crippen molar-refractivity contribution >= 4 is 39.3 Å². The summed E-state index contributed by atoms with van der Waals surface area (Å²) in [7, 11) is 0. The summed E-state index contributed by atoms with van der Waals surface area (Å²) in [6.07, 6.45) is 6.71. The van der Waals surface area contributed by atoms with Gasteiger partial charge in [0.15, 0.2) is 0 Å². The lowest BCUT2D eigenvalue weighted by molar-refractivity contribution is 0.0899. The minimum Gasteiger partial charge on any atom is -0.347 e. The molecule has 0 spiro atoms. The number of carbonyl (C=O) groups is 1. The minimum absolute atomic E-state index is 0.116. The Bertz CT molecular complexity index is 593. The van der Waals surface area contributed by atoms with Gasteiger partial charge in [-0.05, 0) is 36.6 Å². The normalized spacial score (nSPS) is 25.0. The van der Waals surface area contributed by atoms with Crippen LogP contribution >= 0.6 is 27.7 Å². The van der Waals surface area contributed by atoms with Gasteiger partial charge in [0.2, 0.25) is 0 Å². The molecular formula is C17H24BrN3OS. The second kappa shape index (κ2) is 8.29. The molecule has 1 heterocycles. The molecule has 2 fully saturated rings. The lowest BCUT2D eigenvalue weighted by Crippen LogP contribution is -2.42. The molecule has 0 saturated heterocycles. The first kappa shape index (κ1) is 18.5. The Labute approximate surface area is 150 Å². The molecule has 4 nitrogen and oxygen atoms in total. The Morgan fingerprint density at radius 2 is 2.22 bits per heavy atom. The third-order valence-corrected chi connectivity index (χ3v) is 6.00. The van der Waals surface area contributed by atoms with E-state index in [-0.39, 0.29) is 11.9 Å². The van der Waals surface area contributed by atoms with Gasteiger partial charge in [-0.2, -0.15) is 0 Å². The van der Waals surface area contributed by atoms with Crippen molar-refractivity contribution in [3.05, 3.63) is 23.5 Å². The number of nitrogens with one attached hydrogen (secondary N) is 2. The number of carbonyl (C=O) groups excluding carboxylic acids is 1. The largest absolute Gasteiger partial charge is 0.347 e. The van der Waals surface area contributed by atoms with Crippen LogP contribution in [0.2, 0.25) is 0 Å². The summed E-state index contributed by atoms with van der Waals surface area (Å²) in [4.78, 5) is 17.7. The summed E-state index contributed by atoms with van der Waals surface area (Å²) < 4.78 is 0. The van der Waals surface area contributed by atoms with E-state index >= 15 is 0 Å². The molecule has 6 heteroatoms. The average Bonchev–Trinajstić information content (AvgIpc) is 2.75. The van der Waals surface area contributed by atoms with Gasteiger partial charge in [-0.3, -0.25) is 4.79 Å². The fourth-order valence-electron chi connectivity index (χ4n) is 3.28. The Hall–Kier alpha value is -0.880. The smallest absolute Gasteiger partial charge is 0.270 e. The number of rotatable bonds is 4. The minimum atomic E-state index is -0.116. The summed E-state index contributed by atoms with van der Waals surface area (Å²) in [5.41, 5.74) is 2.36. The molecule has 0 radical (unpaired) electrons. The van der Waals surface area contributed by atoms with Crippen LogP contribution in [0.25, 0.3) is 0 Å². The number of aromatic nitrogens is 1. The number of amides is 1. The summed E-state index contributed by atoms with van der Waals surface area (Å²) in [5, 5.41) is 11.8. The topological polar surface area (TPSA) is 65.8 Å². The summed E-state index contributed by atoms with van der Waals surface area (Å²) in [6, 6.07) is 1.98. The Morgan fingerprint density at radius 3 is 2.74 bits per heavy atom. The first-order valence-corrected chi connectivity index (χ1v) is 10.5. The van der Waals surface area contributed by atoms with Crippen molar-refractivity contribution in [1.82, 2.24) is 10.3 Å². The second-order valence-electron chi connectivity index (χ2n) is 5.67. The van der Waals surface area contributed by atoms with E-state index in [0.29, 0.717) is 29.3 Å². The standard InChI is InChI=1S/C15H18BrN3OS.C2H6/c1-21-14-7-18-13(4-8(14)6-16)15(20)19-12-5-11(17)9-2-3-10(9)12;1-2/h4,7,9-10,12,17H,2-3,5-6H2,1H3,(H,19,20);1-2H3. The fraction of sp³-hybridized carbons (Fsp3) is 0.588. The van der Waals surface area contributed by atoms with Crippen LogP contribution in [-0.2, 0) is 5.33 Å². The van der Waals surface area contributed by atoms with Crippen LogP contribution in [0, 0.1) is 17.2 Å². The third kappa shape index (κ3) is 3.79. The molecule has 2 N–H and O–H groups in total. The lowest BCUT2D eigenvalue weighted by Gasteiger charge is -2.33. The maximum atomic E-state index is 12.4. The third-order valence-electron chi connectivity index (χ3n) is 4.59. The van der Waals surface area contributed by atoms with Crippen LogP contribution in [0.1, 0.15) is 49.2 Å². The van der Waals surface area contributed by atoms with E-state index in [4.69, 9.17) is 5.41 Å². The Kier molecular flexibility index (Phi) is 6.65. The van der Waals surface area contributed by atoms with Crippen molar-refractivity contribution in [3.8, 4) is 0 Å². The maximum absolute atomic E-state index is 12.4. The predicted octanol–water partition coefficient (Wildman–Crippen LogP) is 4.27. The number of hydrogen-bond acceptors (Lipinski definition) is 4. The predicted molar refractivity (Wildman–Crippen MR) is 99.8 cm³/mol. The maximum Gasteiger partial charge on any atom is 0.270 e. The molecule has 3 rings (SSSR count). The van der Waals surface area contributed by atoms with Crippen LogP contribution in [0.4, 0.5) is 0 Å². The van der Waals surface area contributed by atoms with E-state index in [0.717, 1.165) is 29.0 Å². The number of alkyl halides is 1. The summed E-state index contributed by atoms with van der Waals surface area (Å²) in [6.45, 7) is 4.00. The van der Waals surface area contributed by atoms with Crippen molar-refractivity contribution in [1.29, 1.82) is 5.41 Å². The highest BCUT2D eigenvalue weighted by atomic mass is 79.9. The van der Waals surface area contributed by atoms with E-state index in [1.54, 1.807) is 18.0 Å². The Balaban J connectivity index is 0.000000924. The van der Waals surface area contributed by atoms with Crippen molar-refractivity contribution in [2.75, 3.05) is 6.26 Å². The zero-order valence-electron chi connectivity index (χ0n) is 13.9. The van der Waals surface area contributed by atoms with Crippen molar-refractivity contribution in [2.24, 2.45) is 11.8 Å². The molecule has 1 amide bonds. The molecule has 1 aromatic heterocycles. The quantitative estimate of drug-likeness (QED) is 0.588. The van der Waals surface area contributed by atoms with E-state index in [1.165, 1.54) is 0 Å². The molecule has 126 valence electrons. The van der Waals surface area contributed by atoms with E-state index < -0.39 is 0 Å². The molecular weight excluding hydrogens is 374 g/mol. The number of halogens is 1. The van der Waals surface area contributed by atoms with Crippen molar-refractivity contribution in [3.63, 3.8) is 0 Å². The molecule has 3 unspecified atom stereocenters. The van der Waals surface area contributed by atoms with Crippen LogP contribution in [0.5, 0.6) is 0 Å². The van der Waals surface area contributed by atoms with Gasteiger partial charge in [0.25, 0.3) is 5.91 Å². The zero-order valence-corrected chi connectivity index (χ0v) is 16.3. The van der Waals surface area contributed by atoms with E-state index in [9.17, 15) is 4.79 Å². The molecule has 23 heavy (non-hydrogen) atoms. The molecule has 2 aliphatic rings. The number of hydrogen-bond donors (Lipinski definition) is 2. The zero-order chi connectivity index (χ0) is 17.0. The van der Waals surface area contributed by atoms with Gasteiger partial charge >= 0.3 is 0 Å². The molecule has 1 aromatic rings. The summed E-state index contributed by atoms with van der Waals surface area (Å²) >= 11 is 5.09. The fourth-order valence-corrected chi connectivity index (χ4v) is 4.48. The SMILES string of the molecule is CC.CSc1cnc(C(=O)NC2CC(=N)C3CCC23)cc1CBr. The van der Waals surface area contributed by atoms with Gasteiger partial charge in [-0.15, -0.1) is 11.8 Å². The highest BCUT2D eigenvalue weighted by Crippen LogP contribution is 2.44. The van der Waals surface area contributed by atoms with Crippen LogP contribution < -0.4 is 5.32 Å². The second-order valence-corrected chi connectivity index (χ2v) is 7.08. The van der Waals surface area contributed by atoms with E-state index in [2.05, 4.69) is 26.2 Å². The molecule has 0 bridgehead atoms. The number of pyridine rings is 1. The van der Waals surface area contributed by atoms with Gasteiger partial charge in [-0.1, -0.05) is 29.8 Å². The molecule has 2 aliphatic carbocycles. The van der Waals surface area contributed by atoms with Gasteiger partial charge < -0.3 is 10.7 Å². The first-order chi connectivity index (χ1) is 11.1. The number of nitrogens with zero attached hydrogens (tertiary/aromatic N) is 1. The van der Waals surface area contributed by atoms with Crippen molar-refractivity contribution < 1.29 is 4.79 Å². The molecule has 0 aromatic carbocycles. The highest BCUT2D eigenvalue weighted by molar-refractivity contribution is 9.08. The average molecular weight is 398 g/mol. The lowest BCUT2D eigenvalue weighted by atomic mass is 9.74. The molecule has 3 atom stereocenters. The van der Waals surface area contributed by atoms with Gasteiger partial charge in [0.05, 0.1) is 0 Å². The molecule has 2 saturated carbocycles. The van der Waals surface area contributed by atoms with Crippen LogP contribution in [0.3, 0.4) is 0 Å². The van der Waals surface area contributed by atoms with Crippen LogP contribution in [0.15, 0.2) is 17.2 Å². The first-order valence-electron chi connectivity index (χ1n) is 8.11.